The van der Waals surface area contributed by atoms with Gasteiger partial charge in [0.25, 0.3) is 5.56 Å². The highest BCUT2D eigenvalue weighted by molar-refractivity contribution is 7.99. The van der Waals surface area contributed by atoms with Crippen LogP contribution in [0.5, 0.6) is 0 Å². The zero-order valence-corrected chi connectivity index (χ0v) is 22.0. The van der Waals surface area contributed by atoms with E-state index in [1.54, 1.807) is 41.0 Å². The minimum atomic E-state index is -0.700. The van der Waals surface area contributed by atoms with E-state index < -0.39 is 11.4 Å². The van der Waals surface area contributed by atoms with Gasteiger partial charge in [-0.05, 0) is 48.6 Å². The third-order valence-electron chi connectivity index (χ3n) is 5.88. The smallest absolute Gasteiger partial charge is 0.347 e. The summed E-state index contributed by atoms with van der Waals surface area (Å²) in [6.45, 7) is 0. The van der Waals surface area contributed by atoms with Gasteiger partial charge >= 0.3 is 5.63 Å². The number of hydrogen-bond donors (Lipinski definition) is 0. The summed E-state index contributed by atoms with van der Waals surface area (Å²) in [6, 6.07) is 27.1. The lowest BCUT2D eigenvalue weighted by molar-refractivity contribution is 0.101. The van der Waals surface area contributed by atoms with Gasteiger partial charge in [-0.1, -0.05) is 77.7 Å². The zero-order chi connectivity index (χ0) is 26.2. The largest absolute Gasteiger partial charge is 0.422 e. The summed E-state index contributed by atoms with van der Waals surface area (Å²) < 4.78 is 9.47. The number of ketones is 1. The molecule has 0 atom stereocenters. The lowest BCUT2D eigenvalue weighted by Gasteiger charge is -2.12. The second kappa shape index (κ2) is 9.97. The summed E-state index contributed by atoms with van der Waals surface area (Å²) in [7, 11) is 0. The molecule has 0 aliphatic heterocycles. The van der Waals surface area contributed by atoms with Crippen LogP contribution < -0.4 is 11.2 Å². The van der Waals surface area contributed by atoms with Gasteiger partial charge in [-0.25, -0.2) is 9.78 Å². The molecule has 7 nitrogen and oxygen atoms in total. The SMILES string of the molecule is O=C(CSc1nc2c(sc(=S)n2-c2ccccc2)c(=O)n1-c1ccccc1)c1cc2ccccc2oc1=O. The van der Waals surface area contributed by atoms with Gasteiger partial charge in [-0.3, -0.25) is 18.7 Å². The molecule has 3 heterocycles. The second-order valence-electron chi connectivity index (χ2n) is 8.26. The summed E-state index contributed by atoms with van der Waals surface area (Å²) >= 11 is 7.88. The van der Waals surface area contributed by atoms with Crippen LogP contribution in [0.1, 0.15) is 10.4 Å². The molecule has 0 aliphatic rings. The van der Waals surface area contributed by atoms with Crippen molar-refractivity contribution in [3.8, 4) is 11.4 Å². The maximum absolute atomic E-state index is 13.8. The Morgan fingerprint density at radius 1 is 0.895 bits per heavy atom. The Morgan fingerprint density at radius 3 is 2.24 bits per heavy atom. The third kappa shape index (κ3) is 4.32. The number of para-hydroxylation sites is 3. The Morgan fingerprint density at radius 2 is 1.53 bits per heavy atom. The summed E-state index contributed by atoms with van der Waals surface area (Å²) in [4.78, 5) is 44.3. The van der Waals surface area contributed by atoms with E-state index in [1.165, 1.54) is 22.0 Å². The van der Waals surface area contributed by atoms with Crippen molar-refractivity contribution < 1.29 is 9.21 Å². The van der Waals surface area contributed by atoms with Crippen molar-refractivity contribution in [2.75, 3.05) is 5.75 Å². The fraction of sp³-hybridized carbons (Fsp3) is 0.0357. The van der Waals surface area contributed by atoms with Crippen LogP contribution in [0.3, 0.4) is 0 Å². The molecule has 3 aromatic heterocycles. The van der Waals surface area contributed by atoms with Gasteiger partial charge in [0.05, 0.1) is 11.4 Å². The average molecular weight is 556 g/mol. The molecule has 6 aromatic rings. The molecule has 0 N–H and O–H groups in total. The predicted octanol–water partition coefficient (Wildman–Crippen LogP) is 6.05. The number of carbonyl (C=O) groups is 1. The molecule has 0 unspecified atom stereocenters. The van der Waals surface area contributed by atoms with E-state index in [4.69, 9.17) is 21.6 Å². The Bertz CT molecular complexity index is 2010. The first-order valence-corrected chi connectivity index (χ1v) is 13.7. The van der Waals surface area contributed by atoms with Crippen LogP contribution in [0.2, 0.25) is 0 Å². The van der Waals surface area contributed by atoms with E-state index in [0.29, 0.717) is 36.1 Å². The predicted molar refractivity (Wildman–Crippen MR) is 153 cm³/mol. The maximum Gasteiger partial charge on any atom is 0.347 e. The van der Waals surface area contributed by atoms with Crippen molar-refractivity contribution in [2.45, 2.75) is 5.16 Å². The highest BCUT2D eigenvalue weighted by atomic mass is 32.2. The Balaban J connectivity index is 1.47. The van der Waals surface area contributed by atoms with Crippen molar-refractivity contribution in [2.24, 2.45) is 0 Å². The van der Waals surface area contributed by atoms with E-state index in [9.17, 15) is 14.4 Å². The Hall–Kier alpha value is -4.12. The van der Waals surface area contributed by atoms with Crippen LogP contribution in [0.25, 0.3) is 32.7 Å². The Kier molecular flexibility index (Phi) is 6.36. The minimum Gasteiger partial charge on any atom is -0.422 e. The number of thioether (sulfide) groups is 1. The van der Waals surface area contributed by atoms with Crippen LogP contribution >= 0.6 is 35.3 Å². The molecule has 0 saturated heterocycles. The molecule has 3 aromatic carbocycles. The fourth-order valence-corrected chi connectivity index (χ4v) is 6.30. The molecule has 10 heteroatoms. The third-order valence-corrected chi connectivity index (χ3v) is 8.17. The maximum atomic E-state index is 13.8. The molecule has 0 saturated carbocycles. The monoisotopic (exact) mass is 555 g/mol. The van der Waals surface area contributed by atoms with Crippen molar-refractivity contribution in [1.29, 1.82) is 0 Å². The van der Waals surface area contributed by atoms with Gasteiger partial charge in [-0.15, -0.1) is 0 Å². The van der Waals surface area contributed by atoms with Crippen LogP contribution in [0, 0.1) is 3.95 Å². The highest BCUT2D eigenvalue weighted by Crippen LogP contribution is 2.28. The number of Topliss-reactive ketones (excluding diaryl/α,β-unsaturated/α-hetero) is 1. The highest BCUT2D eigenvalue weighted by Gasteiger charge is 2.21. The molecule has 0 bridgehead atoms. The van der Waals surface area contributed by atoms with E-state index >= 15 is 0 Å². The number of fused-ring (bicyclic) bond motifs is 2. The topological polar surface area (TPSA) is 87.1 Å². The van der Waals surface area contributed by atoms with E-state index in [1.807, 2.05) is 48.5 Å². The molecule has 186 valence electrons. The van der Waals surface area contributed by atoms with Crippen LogP contribution in [0.15, 0.2) is 110 Å². The minimum absolute atomic E-state index is 0.0476. The fourth-order valence-electron chi connectivity index (χ4n) is 4.11. The number of carbonyl (C=O) groups excluding carboxylic acids is 1. The lowest BCUT2D eigenvalue weighted by Crippen LogP contribution is -2.22. The molecule has 0 spiro atoms. The first kappa shape index (κ1) is 24.2. The van der Waals surface area contributed by atoms with E-state index in [-0.39, 0.29) is 16.9 Å². The first-order valence-electron chi connectivity index (χ1n) is 11.5. The number of benzene rings is 3. The average Bonchev–Trinajstić information content (AvgIpc) is 3.28. The van der Waals surface area contributed by atoms with Gasteiger partial charge in [0.2, 0.25) is 0 Å². The normalized spacial score (nSPS) is 11.3. The van der Waals surface area contributed by atoms with Crippen molar-refractivity contribution in [3.05, 3.63) is 121 Å². The molecule has 0 aliphatic carbocycles. The molecule has 0 fully saturated rings. The van der Waals surface area contributed by atoms with Gasteiger partial charge in [0, 0.05) is 11.1 Å². The summed E-state index contributed by atoms with van der Waals surface area (Å²) in [5, 5.41) is 0.964. The number of hydrogen-bond acceptors (Lipinski definition) is 8. The first-order chi connectivity index (χ1) is 18.5. The molecule has 6 rings (SSSR count). The van der Waals surface area contributed by atoms with Gasteiger partial charge in [0.1, 0.15) is 15.8 Å². The molecular weight excluding hydrogens is 539 g/mol. The number of thiazole rings is 1. The summed E-state index contributed by atoms with van der Waals surface area (Å²) in [6.07, 6.45) is 0. The zero-order valence-electron chi connectivity index (χ0n) is 19.6. The Labute approximate surface area is 228 Å². The lowest BCUT2D eigenvalue weighted by atomic mass is 10.1. The van der Waals surface area contributed by atoms with Crippen LogP contribution in [-0.4, -0.2) is 25.7 Å². The van der Waals surface area contributed by atoms with Crippen molar-refractivity contribution in [3.63, 3.8) is 0 Å². The van der Waals surface area contributed by atoms with Crippen LogP contribution in [-0.2, 0) is 0 Å². The number of rotatable bonds is 6. The van der Waals surface area contributed by atoms with Gasteiger partial charge in [0.15, 0.2) is 20.5 Å². The molecular formula is C28H17N3O4S3. The second-order valence-corrected chi connectivity index (χ2v) is 10.8. The van der Waals surface area contributed by atoms with Crippen molar-refractivity contribution >= 4 is 62.4 Å². The standard InChI is InChI=1S/C28H17N3O4S3/c32-21(20-15-17-9-7-8-14-22(17)35-26(20)34)16-37-27-29-24-23(25(33)31(27)19-12-5-2-6-13-19)38-28(36)30(24)18-10-3-1-4-11-18/h1-15H,16H2. The van der Waals surface area contributed by atoms with Gasteiger partial charge < -0.3 is 4.42 Å². The van der Waals surface area contributed by atoms with Crippen molar-refractivity contribution in [1.82, 2.24) is 14.1 Å². The number of nitrogens with zero attached hydrogens (tertiary/aromatic N) is 3. The van der Waals surface area contributed by atoms with E-state index in [0.717, 1.165) is 17.4 Å². The van der Waals surface area contributed by atoms with E-state index in [2.05, 4.69) is 0 Å². The van der Waals surface area contributed by atoms with Crippen LogP contribution in [0.4, 0.5) is 0 Å². The number of aromatic nitrogens is 3. The molecule has 38 heavy (non-hydrogen) atoms. The molecule has 0 amide bonds. The summed E-state index contributed by atoms with van der Waals surface area (Å²) in [5.41, 5.74) is 1.19. The summed E-state index contributed by atoms with van der Waals surface area (Å²) in [5.74, 6) is -0.543. The molecule has 0 radical (unpaired) electrons. The quantitative estimate of drug-likeness (QED) is 0.0813. The van der Waals surface area contributed by atoms with Gasteiger partial charge in [-0.2, -0.15) is 0 Å².